The maximum absolute atomic E-state index is 2.78. The van der Waals surface area contributed by atoms with Crippen LogP contribution in [0.1, 0.15) is 148 Å². The van der Waals surface area contributed by atoms with Crippen molar-refractivity contribution in [3.05, 3.63) is 197 Å². The first-order valence-corrected chi connectivity index (χ1v) is 29.0. The Labute approximate surface area is 458 Å². The summed E-state index contributed by atoms with van der Waals surface area (Å²) in [5.74, 6) is 0. The zero-order chi connectivity index (χ0) is 53.0. The number of thiophene rings is 1. The van der Waals surface area contributed by atoms with Crippen LogP contribution in [0.15, 0.2) is 158 Å². The van der Waals surface area contributed by atoms with E-state index in [1.165, 1.54) is 147 Å². The van der Waals surface area contributed by atoms with Crippen LogP contribution in [-0.4, -0.2) is 6.71 Å². The van der Waals surface area contributed by atoms with Gasteiger partial charge in [0.25, 0.3) is 6.71 Å². The lowest BCUT2D eigenvalue weighted by Gasteiger charge is -2.44. The maximum Gasteiger partial charge on any atom is 0.264 e. The van der Waals surface area contributed by atoms with E-state index >= 15 is 0 Å². The van der Waals surface area contributed by atoms with Crippen molar-refractivity contribution in [2.24, 2.45) is 0 Å². The van der Waals surface area contributed by atoms with E-state index < -0.39 is 0 Å². The second-order valence-electron chi connectivity index (χ2n) is 27.1. The molecule has 1 fully saturated rings. The van der Waals surface area contributed by atoms with Gasteiger partial charge in [0.2, 0.25) is 0 Å². The Bertz CT molecular complexity index is 3800. The molecule has 0 N–H and O–H groups in total. The van der Waals surface area contributed by atoms with Crippen LogP contribution in [0.5, 0.6) is 0 Å². The summed E-state index contributed by atoms with van der Waals surface area (Å²) >= 11 is 2.02. The molecule has 0 atom stereocenters. The summed E-state index contributed by atoms with van der Waals surface area (Å²) in [5.41, 5.74) is 27.9. The molecule has 8 aromatic carbocycles. The average Bonchev–Trinajstić information content (AvgIpc) is 4.28. The standard InChI is InChI=1S/C72H73BN2S/c1-44-19-21-47(22-20-44)48-39-61-65-62(40-48)75(60-18-16-17-56-64(60)54-34-29-51(70(8,9)10)42-57(54)72(56)37-14-15-38-72)66-55-41-50(69(5,6)7)31-36-63(55)76-67(66)73(65)58-43-52(71(11,12)13)30-35-59(58)74(61)53-32-25-46(26-33-53)45-23-27-49(28-24-45)68(2,3)4/h16-36,39-43H,14-15,37-38H2,1-13H3. The normalized spacial score (nSPS) is 15.5. The van der Waals surface area contributed by atoms with Crippen LogP contribution in [-0.2, 0) is 27.1 Å². The lowest BCUT2D eigenvalue weighted by Crippen LogP contribution is -2.60. The Hall–Kier alpha value is -6.62. The highest BCUT2D eigenvalue weighted by atomic mass is 32.1. The van der Waals surface area contributed by atoms with Crippen LogP contribution >= 0.6 is 11.3 Å². The first-order valence-electron chi connectivity index (χ1n) is 28.1. The minimum atomic E-state index is -0.0468. The highest BCUT2D eigenvalue weighted by molar-refractivity contribution is 7.33. The third-order valence-electron chi connectivity index (χ3n) is 17.9. The van der Waals surface area contributed by atoms with Crippen molar-refractivity contribution in [1.29, 1.82) is 0 Å². The van der Waals surface area contributed by atoms with Gasteiger partial charge in [0.1, 0.15) is 0 Å². The zero-order valence-electron chi connectivity index (χ0n) is 47.2. The van der Waals surface area contributed by atoms with Crippen molar-refractivity contribution < 1.29 is 0 Å². The molecular formula is C72H73BN2S. The predicted octanol–water partition coefficient (Wildman–Crippen LogP) is 18.7. The molecule has 4 aliphatic rings. The van der Waals surface area contributed by atoms with Crippen LogP contribution in [0.25, 0.3) is 43.5 Å². The molecule has 0 amide bonds. The van der Waals surface area contributed by atoms with Gasteiger partial charge in [-0.05, 0) is 162 Å². The Morgan fingerprint density at radius 1 is 0.461 bits per heavy atom. The molecule has 1 spiro atoms. The summed E-state index contributed by atoms with van der Waals surface area (Å²) in [4.78, 5) is 5.39. The molecule has 2 nitrogen and oxygen atoms in total. The summed E-state index contributed by atoms with van der Waals surface area (Å²) in [6.07, 6.45) is 4.89. The van der Waals surface area contributed by atoms with E-state index in [1.54, 1.807) is 5.56 Å². The topological polar surface area (TPSA) is 6.48 Å². The number of anilines is 6. The monoisotopic (exact) mass is 1010 g/mol. The minimum Gasteiger partial charge on any atom is -0.311 e. The fourth-order valence-corrected chi connectivity index (χ4v) is 14.8. The van der Waals surface area contributed by atoms with Gasteiger partial charge in [-0.2, -0.15) is 0 Å². The smallest absolute Gasteiger partial charge is 0.264 e. The molecule has 3 heterocycles. The Kier molecular flexibility index (Phi) is 10.9. The van der Waals surface area contributed by atoms with Gasteiger partial charge in [0, 0.05) is 48.6 Å². The Morgan fingerprint density at radius 2 is 1.00 bits per heavy atom. The van der Waals surface area contributed by atoms with Crippen LogP contribution < -0.4 is 25.5 Å². The van der Waals surface area contributed by atoms with Gasteiger partial charge < -0.3 is 9.80 Å². The lowest BCUT2D eigenvalue weighted by atomic mass is 9.36. The fraction of sp³-hybridized carbons (Fsp3) is 0.306. The first-order chi connectivity index (χ1) is 36.1. The summed E-state index contributed by atoms with van der Waals surface area (Å²) in [7, 11) is 0. The SMILES string of the molecule is Cc1ccc(-c2cc3c4c(c2)N(c2cccc5c2-c2ccc(C(C)(C)C)cc2C52CCCC2)c2c(sc5ccc(C(C)(C)C)cc25)B4c2cc(C(C)(C)C)ccc2N3c2ccc(-c3ccc(C(C)(C)C)cc3)cc2)cc1. The van der Waals surface area contributed by atoms with Crippen molar-refractivity contribution in [2.45, 2.75) is 143 Å². The Balaban J connectivity index is 1.13. The number of aryl methyl sites for hydroxylation is 1. The molecule has 9 aromatic rings. The molecule has 0 bridgehead atoms. The quantitative estimate of drug-likeness (QED) is 0.162. The fourth-order valence-electron chi connectivity index (χ4n) is 13.5. The van der Waals surface area contributed by atoms with E-state index in [4.69, 9.17) is 0 Å². The van der Waals surface area contributed by atoms with Gasteiger partial charge in [-0.1, -0.05) is 211 Å². The third-order valence-corrected chi connectivity index (χ3v) is 19.1. The van der Waals surface area contributed by atoms with Crippen LogP contribution in [0.3, 0.4) is 0 Å². The van der Waals surface area contributed by atoms with Gasteiger partial charge in [-0.25, -0.2) is 0 Å². The van der Waals surface area contributed by atoms with Gasteiger partial charge in [-0.3, -0.25) is 0 Å². The highest BCUT2D eigenvalue weighted by Crippen LogP contribution is 2.61. The van der Waals surface area contributed by atoms with Gasteiger partial charge in [0.05, 0.1) is 11.4 Å². The summed E-state index contributed by atoms with van der Waals surface area (Å²) in [5, 5.41) is 1.34. The van der Waals surface area contributed by atoms with E-state index in [0.29, 0.717) is 0 Å². The van der Waals surface area contributed by atoms with E-state index in [1.807, 2.05) is 11.3 Å². The number of hydrogen-bond acceptors (Lipinski definition) is 3. The molecule has 2 aliphatic heterocycles. The molecule has 2 aliphatic carbocycles. The van der Waals surface area contributed by atoms with Crippen molar-refractivity contribution in [3.63, 3.8) is 0 Å². The molecule has 0 unspecified atom stereocenters. The van der Waals surface area contributed by atoms with Gasteiger partial charge in [-0.15, -0.1) is 11.3 Å². The maximum atomic E-state index is 2.78. The molecule has 1 aromatic heterocycles. The molecule has 0 saturated heterocycles. The summed E-state index contributed by atoms with van der Waals surface area (Å²) in [6.45, 7) is 30.4. The van der Waals surface area contributed by atoms with Crippen molar-refractivity contribution in [2.75, 3.05) is 9.80 Å². The van der Waals surface area contributed by atoms with Crippen molar-refractivity contribution >= 4 is 78.0 Å². The summed E-state index contributed by atoms with van der Waals surface area (Å²) in [6, 6.07) is 62.7. The van der Waals surface area contributed by atoms with Crippen molar-refractivity contribution in [3.8, 4) is 33.4 Å². The molecular weight excluding hydrogens is 936 g/mol. The molecule has 76 heavy (non-hydrogen) atoms. The van der Waals surface area contributed by atoms with Crippen LogP contribution in [0.4, 0.5) is 34.1 Å². The van der Waals surface area contributed by atoms with E-state index in [0.717, 1.165) is 5.69 Å². The van der Waals surface area contributed by atoms with Gasteiger partial charge >= 0.3 is 0 Å². The number of benzene rings is 8. The minimum absolute atomic E-state index is 0.00225. The second-order valence-corrected chi connectivity index (χ2v) is 28.2. The average molecular weight is 1010 g/mol. The number of rotatable bonds is 4. The largest absolute Gasteiger partial charge is 0.311 e. The molecule has 13 rings (SSSR count). The van der Waals surface area contributed by atoms with Gasteiger partial charge in [0.15, 0.2) is 0 Å². The van der Waals surface area contributed by atoms with E-state index in [9.17, 15) is 0 Å². The number of fused-ring (bicyclic) bond motifs is 11. The number of hydrogen-bond donors (Lipinski definition) is 0. The third kappa shape index (κ3) is 7.62. The lowest BCUT2D eigenvalue weighted by molar-refractivity contribution is 0.542. The summed E-state index contributed by atoms with van der Waals surface area (Å²) < 4.78 is 2.77. The predicted molar refractivity (Wildman–Crippen MR) is 331 cm³/mol. The molecule has 4 heteroatoms. The molecule has 1 saturated carbocycles. The first kappa shape index (κ1) is 49.0. The van der Waals surface area contributed by atoms with Crippen LogP contribution in [0, 0.1) is 6.92 Å². The molecule has 0 radical (unpaired) electrons. The number of nitrogens with zero attached hydrogens (tertiary/aromatic N) is 2. The van der Waals surface area contributed by atoms with Crippen LogP contribution in [0.2, 0.25) is 0 Å². The highest BCUT2D eigenvalue weighted by Gasteiger charge is 2.50. The van der Waals surface area contributed by atoms with E-state index in [2.05, 4.69) is 258 Å². The molecule has 380 valence electrons. The Morgan fingerprint density at radius 3 is 1.64 bits per heavy atom. The van der Waals surface area contributed by atoms with E-state index in [-0.39, 0.29) is 33.8 Å². The second kappa shape index (κ2) is 16.9. The van der Waals surface area contributed by atoms with Crippen molar-refractivity contribution in [1.82, 2.24) is 0 Å². The zero-order valence-corrected chi connectivity index (χ0v) is 48.0.